The van der Waals surface area contributed by atoms with E-state index in [0.29, 0.717) is 22.0 Å². The van der Waals surface area contributed by atoms with E-state index in [9.17, 15) is 9.59 Å². The predicted molar refractivity (Wildman–Crippen MR) is 122 cm³/mol. The highest BCUT2D eigenvalue weighted by Crippen LogP contribution is 2.29. The molecular weight excluding hydrogens is 418 g/mol. The van der Waals surface area contributed by atoms with Gasteiger partial charge in [-0.15, -0.1) is 11.3 Å². The topological polar surface area (TPSA) is 62.3 Å². The van der Waals surface area contributed by atoms with Crippen LogP contribution in [0.2, 0.25) is 5.02 Å². The predicted octanol–water partition coefficient (Wildman–Crippen LogP) is 4.98. The quantitative estimate of drug-likeness (QED) is 0.569. The number of aldehydes is 1. The second-order valence-electron chi connectivity index (χ2n) is 7.38. The fraction of sp³-hybridized carbons (Fsp3) is 0.261. The highest BCUT2D eigenvalue weighted by Gasteiger charge is 2.25. The van der Waals surface area contributed by atoms with Gasteiger partial charge in [0.25, 0.3) is 5.91 Å². The molecule has 7 heteroatoms. The lowest BCUT2D eigenvalue weighted by molar-refractivity contribution is 0.0936. The largest absolute Gasteiger partial charge is 0.369 e. The fourth-order valence-electron chi connectivity index (χ4n) is 3.76. The number of amides is 1. The molecule has 0 bridgehead atoms. The zero-order valence-corrected chi connectivity index (χ0v) is 18.2. The van der Waals surface area contributed by atoms with Gasteiger partial charge >= 0.3 is 0 Å². The number of rotatable bonds is 5. The minimum absolute atomic E-state index is 0.0199. The molecule has 5 nitrogen and oxygen atoms in total. The number of halogens is 1. The summed E-state index contributed by atoms with van der Waals surface area (Å²) >= 11 is 7.36. The van der Waals surface area contributed by atoms with Crippen LogP contribution in [-0.2, 0) is 0 Å². The van der Waals surface area contributed by atoms with Crippen LogP contribution >= 0.6 is 22.9 Å². The van der Waals surface area contributed by atoms with E-state index in [1.807, 2.05) is 55.5 Å². The summed E-state index contributed by atoms with van der Waals surface area (Å²) in [7, 11) is 0. The maximum Gasteiger partial charge on any atom is 0.263 e. The Morgan fingerprint density at radius 2 is 2.00 bits per heavy atom. The third-order valence-electron chi connectivity index (χ3n) is 5.26. The van der Waals surface area contributed by atoms with Gasteiger partial charge in [-0.3, -0.25) is 9.59 Å². The van der Waals surface area contributed by atoms with Gasteiger partial charge in [0.15, 0.2) is 6.29 Å². The molecule has 1 amide bonds. The molecule has 154 valence electrons. The molecule has 1 aromatic heterocycles. The molecule has 0 aliphatic carbocycles. The van der Waals surface area contributed by atoms with Gasteiger partial charge in [-0.1, -0.05) is 35.9 Å². The minimum Gasteiger partial charge on any atom is -0.369 e. The van der Waals surface area contributed by atoms with Crippen LogP contribution in [0.25, 0.3) is 10.6 Å². The van der Waals surface area contributed by atoms with Crippen molar-refractivity contribution in [3.63, 3.8) is 0 Å². The summed E-state index contributed by atoms with van der Waals surface area (Å²) < 4.78 is 0. The number of anilines is 1. The van der Waals surface area contributed by atoms with Crippen LogP contribution in [-0.4, -0.2) is 36.3 Å². The van der Waals surface area contributed by atoms with Crippen molar-refractivity contribution >= 4 is 40.8 Å². The SMILES string of the molecule is Cc1nc(-c2ccc(Cl)cc2)sc1C(=O)NC1CCCN(c2ccccc2C=O)C1. The molecule has 4 rings (SSSR count). The van der Waals surface area contributed by atoms with Gasteiger partial charge in [0.1, 0.15) is 9.88 Å². The zero-order chi connectivity index (χ0) is 21.1. The number of piperidine rings is 1. The fourth-order valence-corrected chi connectivity index (χ4v) is 4.86. The molecule has 3 aromatic rings. The Hall–Kier alpha value is -2.70. The van der Waals surface area contributed by atoms with Gasteiger partial charge in [0.2, 0.25) is 0 Å². The normalized spacial score (nSPS) is 16.3. The Morgan fingerprint density at radius 1 is 1.23 bits per heavy atom. The number of hydrogen-bond donors (Lipinski definition) is 1. The summed E-state index contributed by atoms with van der Waals surface area (Å²) in [5, 5.41) is 4.64. The molecule has 0 spiro atoms. The summed E-state index contributed by atoms with van der Waals surface area (Å²) in [4.78, 5) is 31.7. The van der Waals surface area contributed by atoms with Crippen LogP contribution in [0.1, 0.15) is 38.6 Å². The van der Waals surface area contributed by atoms with E-state index in [1.165, 1.54) is 11.3 Å². The van der Waals surface area contributed by atoms with E-state index < -0.39 is 0 Å². The minimum atomic E-state index is -0.0965. The first-order valence-electron chi connectivity index (χ1n) is 9.88. The first-order valence-corrected chi connectivity index (χ1v) is 11.1. The highest BCUT2D eigenvalue weighted by atomic mass is 35.5. The number of aromatic nitrogens is 1. The van der Waals surface area contributed by atoms with Gasteiger partial charge in [-0.05, 0) is 44.0 Å². The van der Waals surface area contributed by atoms with Crippen molar-refractivity contribution in [3.8, 4) is 10.6 Å². The molecule has 0 saturated carbocycles. The number of benzene rings is 2. The monoisotopic (exact) mass is 439 g/mol. The first-order chi connectivity index (χ1) is 14.5. The molecule has 1 N–H and O–H groups in total. The average Bonchev–Trinajstić information content (AvgIpc) is 3.16. The maximum atomic E-state index is 13.0. The van der Waals surface area contributed by atoms with Crippen LogP contribution in [0.15, 0.2) is 48.5 Å². The maximum absolute atomic E-state index is 13.0. The van der Waals surface area contributed by atoms with Gasteiger partial charge in [-0.2, -0.15) is 0 Å². The van der Waals surface area contributed by atoms with Crippen molar-refractivity contribution in [1.29, 1.82) is 0 Å². The van der Waals surface area contributed by atoms with Crippen molar-refractivity contribution in [2.45, 2.75) is 25.8 Å². The molecule has 1 atom stereocenters. The number of nitrogens with one attached hydrogen (secondary N) is 1. The molecule has 1 aliphatic heterocycles. The van der Waals surface area contributed by atoms with Crippen molar-refractivity contribution in [2.24, 2.45) is 0 Å². The van der Waals surface area contributed by atoms with E-state index in [2.05, 4.69) is 15.2 Å². The summed E-state index contributed by atoms with van der Waals surface area (Å²) in [5.74, 6) is -0.0965. The number of carbonyl (C=O) groups excluding carboxylic acids is 2. The summed E-state index contributed by atoms with van der Waals surface area (Å²) in [5.41, 5.74) is 3.27. The van der Waals surface area contributed by atoms with Crippen molar-refractivity contribution in [2.75, 3.05) is 18.0 Å². The Morgan fingerprint density at radius 3 is 2.77 bits per heavy atom. The molecule has 2 aromatic carbocycles. The Labute approximate surface area is 184 Å². The zero-order valence-electron chi connectivity index (χ0n) is 16.6. The third-order valence-corrected chi connectivity index (χ3v) is 6.71. The average molecular weight is 440 g/mol. The molecule has 2 heterocycles. The number of para-hydroxylation sites is 1. The second-order valence-corrected chi connectivity index (χ2v) is 8.81. The van der Waals surface area contributed by atoms with Gasteiger partial charge < -0.3 is 10.2 Å². The lowest BCUT2D eigenvalue weighted by Crippen LogP contribution is -2.48. The molecule has 1 fully saturated rings. The second kappa shape index (κ2) is 8.98. The Kier molecular flexibility index (Phi) is 6.16. The van der Waals surface area contributed by atoms with Crippen molar-refractivity contribution in [1.82, 2.24) is 10.3 Å². The molecule has 1 unspecified atom stereocenters. The van der Waals surface area contributed by atoms with Gasteiger partial charge in [0, 0.05) is 41.0 Å². The number of hydrogen-bond acceptors (Lipinski definition) is 5. The van der Waals surface area contributed by atoms with Crippen molar-refractivity contribution < 1.29 is 9.59 Å². The summed E-state index contributed by atoms with van der Waals surface area (Å²) in [6.07, 6.45) is 2.75. The molecule has 30 heavy (non-hydrogen) atoms. The lowest BCUT2D eigenvalue weighted by atomic mass is 10.0. The van der Waals surface area contributed by atoms with Crippen LogP contribution in [0.4, 0.5) is 5.69 Å². The van der Waals surface area contributed by atoms with E-state index >= 15 is 0 Å². The number of carbonyl (C=O) groups is 2. The lowest BCUT2D eigenvalue weighted by Gasteiger charge is -2.35. The van der Waals surface area contributed by atoms with Gasteiger partial charge in [0.05, 0.1) is 5.69 Å². The first kappa shape index (κ1) is 20.6. The summed E-state index contributed by atoms with van der Waals surface area (Å²) in [6.45, 7) is 3.41. The number of aryl methyl sites for hydroxylation is 1. The third kappa shape index (κ3) is 4.40. The molecule has 1 aliphatic rings. The smallest absolute Gasteiger partial charge is 0.263 e. The van der Waals surface area contributed by atoms with Crippen LogP contribution < -0.4 is 10.2 Å². The standard InChI is InChI=1S/C23H22ClN3O2S/c1-15-21(30-23(25-15)16-8-10-18(24)11-9-16)22(29)26-19-6-4-12-27(13-19)20-7-3-2-5-17(20)14-28/h2-3,5,7-11,14,19H,4,6,12-13H2,1H3,(H,26,29). The Bertz CT molecular complexity index is 1060. The summed E-state index contributed by atoms with van der Waals surface area (Å²) in [6, 6.07) is 15.1. The van der Waals surface area contributed by atoms with Crippen molar-refractivity contribution in [3.05, 3.63) is 69.7 Å². The van der Waals surface area contributed by atoms with E-state index in [-0.39, 0.29) is 11.9 Å². The van der Waals surface area contributed by atoms with Crippen LogP contribution in [0, 0.1) is 6.92 Å². The van der Waals surface area contributed by atoms with Gasteiger partial charge in [-0.25, -0.2) is 4.98 Å². The van der Waals surface area contributed by atoms with Crippen LogP contribution in [0.3, 0.4) is 0 Å². The highest BCUT2D eigenvalue weighted by molar-refractivity contribution is 7.17. The number of nitrogens with zero attached hydrogens (tertiary/aromatic N) is 2. The van der Waals surface area contributed by atoms with Crippen LogP contribution in [0.5, 0.6) is 0 Å². The molecule has 0 radical (unpaired) electrons. The van der Waals surface area contributed by atoms with E-state index in [0.717, 1.165) is 47.6 Å². The molecule has 1 saturated heterocycles. The number of thiazole rings is 1. The Balaban J connectivity index is 1.47. The molecular formula is C23H22ClN3O2S. The van der Waals surface area contributed by atoms with E-state index in [1.54, 1.807) is 0 Å². The van der Waals surface area contributed by atoms with E-state index in [4.69, 9.17) is 11.6 Å².